The number of aromatic nitrogens is 3. The minimum absolute atomic E-state index is 0. The monoisotopic (exact) mass is 427 g/mol. The van der Waals surface area contributed by atoms with Gasteiger partial charge in [0.2, 0.25) is 0 Å². The lowest BCUT2D eigenvalue weighted by atomic mass is 10.0. The number of rotatable bonds is 2. The van der Waals surface area contributed by atoms with E-state index in [0.29, 0.717) is 12.5 Å². The van der Waals surface area contributed by atoms with Crippen molar-refractivity contribution in [3.05, 3.63) is 23.0 Å². The zero-order valence-electron chi connectivity index (χ0n) is 17.1. The molecule has 0 spiro atoms. The summed E-state index contributed by atoms with van der Waals surface area (Å²) in [6.07, 6.45) is 4.27. The molecule has 3 heterocycles. The molecule has 0 aromatic carbocycles. The molecule has 28 heavy (non-hydrogen) atoms. The third-order valence-corrected chi connectivity index (χ3v) is 5.44. The molecular weight excluding hydrogens is 397 g/mol. The Balaban J connectivity index is 0.00000140. The van der Waals surface area contributed by atoms with E-state index in [4.69, 9.17) is 15.8 Å². The van der Waals surface area contributed by atoms with Gasteiger partial charge in [-0.2, -0.15) is 5.10 Å². The van der Waals surface area contributed by atoms with Crippen LogP contribution in [0, 0.1) is 6.92 Å². The number of pyridine rings is 1. The second-order valence-corrected chi connectivity index (χ2v) is 8.89. The quantitative estimate of drug-likeness (QED) is 0.790. The largest absolute Gasteiger partial charge is 0.337 e. The standard InChI is InChI=1S/C20H29N5O.2ClH/c1-12-17-15(19(26)24-9-5-6-14(21)11-24)10-16(13-7-8-13)22-18(17)25(23-12)20(2,3)4;;/h10,13-14H,5-9,11,21H2,1-4H3;2*1H. The van der Waals surface area contributed by atoms with Crippen molar-refractivity contribution in [3.63, 3.8) is 0 Å². The highest BCUT2D eigenvalue weighted by molar-refractivity contribution is 6.06. The summed E-state index contributed by atoms with van der Waals surface area (Å²) in [4.78, 5) is 20.2. The predicted molar refractivity (Wildman–Crippen MR) is 117 cm³/mol. The molecule has 2 N–H and O–H groups in total. The van der Waals surface area contributed by atoms with Crippen molar-refractivity contribution < 1.29 is 4.79 Å². The second-order valence-electron chi connectivity index (χ2n) is 8.89. The van der Waals surface area contributed by atoms with Crippen LogP contribution in [-0.4, -0.2) is 44.7 Å². The number of hydrogen-bond acceptors (Lipinski definition) is 4. The van der Waals surface area contributed by atoms with E-state index in [9.17, 15) is 4.79 Å². The maximum Gasteiger partial charge on any atom is 0.254 e. The molecule has 0 bridgehead atoms. The summed E-state index contributed by atoms with van der Waals surface area (Å²) >= 11 is 0. The number of nitrogens with zero attached hydrogens (tertiary/aromatic N) is 4. The summed E-state index contributed by atoms with van der Waals surface area (Å²) in [5, 5.41) is 5.64. The van der Waals surface area contributed by atoms with Gasteiger partial charge in [0, 0.05) is 30.7 Å². The Morgan fingerprint density at radius 3 is 2.46 bits per heavy atom. The zero-order valence-corrected chi connectivity index (χ0v) is 18.7. The molecule has 2 aromatic heterocycles. The highest BCUT2D eigenvalue weighted by atomic mass is 35.5. The number of piperidine rings is 1. The number of amides is 1. The fourth-order valence-corrected chi connectivity index (χ4v) is 3.90. The van der Waals surface area contributed by atoms with Crippen LogP contribution < -0.4 is 5.73 Å². The van der Waals surface area contributed by atoms with Crippen molar-refractivity contribution in [1.82, 2.24) is 19.7 Å². The first-order chi connectivity index (χ1) is 12.3. The van der Waals surface area contributed by atoms with Crippen molar-refractivity contribution >= 4 is 41.8 Å². The molecule has 1 aliphatic heterocycles. The topological polar surface area (TPSA) is 77.0 Å². The van der Waals surface area contributed by atoms with E-state index in [1.165, 1.54) is 0 Å². The summed E-state index contributed by atoms with van der Waals surface area (Å²) in [7, 11) is 0. The Hall–Kier alpha value is -1.37. The van der Waals surface area contributed by atoms with Gasteiger partial charge in [-0.05, 0) is 59.4 Å². The van der Waals surface area contributed by atoms with Gasteiger partial charge in [-0.1, -0.05) is 0 Å². The number of likely N-dealkylation sites (tertiary alicyclic amines) is 1. The molecule has 156 valence electrons. The van der Waals surface area contributed by atoms with E-state index < -0.39 is 0 Å². The third-order valence-electron chi connectivity index (χ3n) is 5.44. The SMILES string of the molecule is Cc1nn(C(C)(C)C)c2nc(C3CC3)cc(C(=O)N3CCCC(N)C3)c12.Cl.Cl. The highest BCUT2D eigenvalue weighted by Gasteiger charge is 2.32. The van der Waals surface area contributed by atoms with E-state index in [1.54, 1.807) is 0 Å². The molecular formula is C20H31Cl2N5O. The van der Waals surface area contributed by atoms with Gasteiger partial charge in [0.05, 0.1) is 22.2 Å². The van der Waals surface area contributed by atoms with Crippen LogP contribution in [-0.2, 0) is 5.54 Å². The number of carbonyl (C=O) groups is 1. The predicted octanol–water partition coefficient (Wildman–Crippen LogP) is 3.78. The van der Waals surface area contributed by atoms with E-state index in [2.05, 4.69) is 20.8 Å². The first-order valence-corrected chi connectivity index (χ1v) is 9.71. The maximum absolute atomic E-state index is 13.4. The Morgan fingerprint density at radius 1 is 1.21 bits per heavy atom. The molecule has 6 nitrogen and oxygen atoms in total. The molecule has 2 fully saturated rings. The molecule has 1 saturated heterocycles. The number of aryl methyl sites for hydroxylation is 1. The Bertz CT molecular complexity index is 870. The van der Waals surface area contributed by atoms with Crippen LogP contribution in [0.15, 0.2) is 6.07 Å². The number of fused-ring (bicyclic) bond motifs is 1. The lowest BCUT2D eigenvalue weighted by Crippen LogP contribution is -2.45. The van der Waals surface area contributed by atoms with Crippen molar-refractivity contribution in [2.75, 3.05) is 13.1 Å². The van der Waals surface area contributed by atoms with Crippen molar-refractivity contribution in [3.8, 4) is 0 Å². The molecule has 1 unspecified atom stereocenters. The smallest absolute Gasteiger partial charge is 0.254 e. The number of halogens is 2. The molecule has 2 aliphatic rings. The van der Waals surface area contributed by atoms with Crippen LogP contribution in [0.5, 0.6) is 0 Å². The summed E-state index contributed by atoms with van der Waals surface area (Å²) in [6, 6.07) is 2.09. The molecule has 2 aromatic rings. The Labute approximate surface area is 179 Å². The highest BCUT2D eigenvalue weighted by Crippen LogP contribution is 2.41. The van der Waals surface area contributed by atoms with Crippen LogP contribution in [0.4, 0.5) is 0 Å². The van der Waals surface area contributed by atoms with Crippen LogP contribution >= 0.6 is 24.8 Å². The van der Waals surface area contributed by atoms with Crippen molar-refractivity contribution in [2.45, 2.75) is 70.9 Å². The average Bonchev–Trinajstić information content (AvgIpc) is 3.37. The van der Waals surface area contributed by atoms with E-state index >= 15 is 0 Å². The molecule has 1 atom stereocenters. The van der Waals surface area contributed by atoms with E-state index in [0.717, 1.165) is 60.2 Å². The molecule has 1 saturated carbocycles. The normalized spacial score (nSPS) is 19.9. The van der Waals surface area contributed by atoms with E-state index in [1.807, 2.05) is 22.6 Å². The lowest BCUT2D eigenvalue weighted by molar-refractivity contribution is 0.0710. The molecule has 8 heteroatoms. The van der Waals surface area contributed by atoms with Crippen LogP contribution in [0.25, 0.3) is 11.0 Å². The van der Waals surface area contributed by atoms with Gasteiger partial charge in [0.25, 0.3) is 5.91 Å². The number of nitrogens with two attached hydrogens (primary N) is 1. The molecule has 0 radical (unpaired) electrons. The van der Waals surface area contributed by atoms with E-state index in [-0.39, 0.29) is 42.3 Å². The fourth-order valence-electron chi connectivity index (χ4n) is 3.90. The molecule has 1 aliphatic carbocycles. The number of carbonyl (C=O) groups excluding carboxylic acids is 1. The van der Waals surface area contributed by atoms with Crippen molar-refractivity contribution in [1.29, 1.82) is 0 Å². The van der Waals surface area contributed by atoms with Gasteiger partial charge in [0.1, 0.15) is 0 Å². The van der Waals surface area contributed by atoms with Gasteiger partial charge in [0.15, 0.2) is 5.65 Å². The zero-order chi connectivity index (χ0) is 18.6. The first-order valence-electron chi connectivity index (χ1n) is 9.71. The molecule has 4 rings (SSSR count). The van der Waals surface area contributed by atoms with Crippen LogP contribution in [0.1, 0.15) is 74.1 Å². The summed E-state index contributed by atoms with van der Waals surface area (Å²) in [6.45, 7) is 9.75. The lowest BCUT2D eigenvalue weighted by Gasteiger charge is -2.31. The van der Waals surface area contributed by atoms with Gasteiger partial charge in [-0.25, -0.2) is 9.67 Å². The van der Waals surface area contributed by atoms with Crippen LogP contribution in [0.3, 0.4) is 0 Å². The van der Waals surface area contributed by atoms with Gasteiger partial charge >= 0.3 is 0 Å². The first kappa shape index (κ1) is 22.9. The summed E-state index contributed by atoms with van der Waals surface area (Å²) in [5.41, 5.74) is 9.42. The molecule has 1 amide bonds. The summed E-state index contributed by atoms with van der Waals surface area (Å²) < 4.78 is 1.97. The van der Waals surface area contributed by atoms with Gasteiger partial charge in [-0.15, -0.1) is 24.8 Å². The minimum Gasteiger partial charge on any atom is -0.337 e. The number of hydrogen-bond donors (Lipinski definition) is 1. The van der Waals surface area contributed by atoms with Crippen molar-refractivity contribution in [2.24, 2.45) is 5.73 Å². The third kappa shape index (κ3) is 4.14. The maximum atomic E-state index is 13.4. The second kappa shape index (κ2) is 8.17. The van der Waals surface area contributed by atoms with Gasteiger partial charge < -0.3 is 10.6 Å². The van der Waals surface area contributed by atoms with Gasteiger partial charge in [-0.3, -0.25) is 4.79 Å². The fraction of sp³-hybridized carbons (Fsp3) is 0.650. The Kier molecular flexibility index (Phi) is 6.68. The Morgan fingerprint density at radius 2 is 1.89 bits per heavy atom. The minimum atomic E-state index is -0.185. The van der Waals surface area contributed by atoms with Crippen LogP contribution in [0.2, 0.25) is 0 Å². The average molecular weight is 428 g/mol. The summed E-state index contributed by atoms with van der Waals surface area (Å²) in [5.74, 6) is 0.559.